The van der Waals surface area contributed by atoms with Crippen molar-refractivity contribution in [2.75, 3.05) is 13.2 Å². The molecule has 0 aromatic heterocycles. The Morgan fingerprint density at radius 3 is 2.76 bits per heavy atom. The van der Waals surface area contributed by atoms with Crippen LogP contribution in [0.25, 0.3) is 0 Å². The van der Waals surface area contributed by atoms with Gasteiger partial charge in [0.1, 0.15) is 5.75 Å². The summed E-state index contributed by atoms with van der Waals surface area (Å²) in [5.74, 6) is 0.488. The second-order valence-corrected chi connectivity index (χ2v) is 5.44. The normalized spacial score (nSPS) is 22.5. The zero-order valence-electron chi connectivity index (χ0n) is 11.7. The second kappa shape index (κ2) is 7.13. The molecule has 0 saturated heterocycles. The van der Waals surface area contributed by atoms with Gasteiger partial charge in [-0.1, -0.05) is 18.6 Å². The van der Waals surface area contributed by atoms with E-state index >= 15 is 0 Å². The molecule has 0 unspecified atom stereocenters. The lowest BCUT2D eigenvalue weighted by atomic mass is 10.1. The van der Waals surface area contributed by atoms with Gasteiger partial charge in [0.15, 0.2) is 6.61 Å². The standard InChI is InChI=1S/C15H20F3NO2/c16-15(17,18)10-21-13-5-1-3-11(7-13)8-19-9-12-4-2-6-14(12)20/h1,3,5,7,12,14,19-20H,2,4,6,8-10H2/t12-,14+/m1/s1. The molecule has 3 nitrogen and oxygen atoms in total. The van der Waals surface area contributed by atoms with Gasteiger partial charge in [-0.25, -0.2) is 0 Å². The molecule has 2 N–H and O–H groups in total. The maximum Gasteiger partial charge on any atom is 0.422 e. The van der Waals surface area contributed by atoms with Crippen LogP contribution in [0.15, 0.2) is 24.3 Å². The van der Waals surface area contributed by atoms with Crippen LogP contribution in [-0.4, -0.2) is 30.5 Å². The van der Waals surface area contributed by atoms with E-state index in [2.05, 4.69) is 5.32 Å². The van der Waals surface area contributed by atoms with E-state index in [9.17, 15) is 18.3 Å². The number of nitrogens with one attached hydrogen (secondary N) is 1. The number of alkyl halides is 3. The van der Waals surface area contributed by atoms with Gasteiger partial charge < -0.3 is 15.2 Å². The molecular formula is C15H20F3NO2. The fourth-order valence-corrected chi connectivity index (χ4v) is 2.57. The van der Waals surface area contributed by atoms with Gasteiger partial charge in [0, 0.05) is 13.1 Å². The Morgan fingerprint density at radius 1 is 1.29 bits per heavy atom. The molecule has 6 heteroatoms. The van der Waals surface area contributed by atoms with Crippen LogP contribution >= 0.6 is 0 Å². The van der Waals surface area contributed by atoms with Gasteiger partial charge in [-0.3, -0.25) is 0 Å². The molecule has 0 bridgehead atoms. The molecule has 21 heavy (non-hydrogen) atoms. The fraction of sp³-hybridized carbons (Fsp3) is 0.600. The minimum Gasteiger partial charge on any atom is -0.484 e. The summed E-state index contributed by atoms with van der Waals surface area (Å²) in [6.07, 6.45) is -1.64. The highest BCUT2D eigenvalue weighted by atomic mass is 19.4. The molecule has 2 rings (SSSR count). The Balaban J connectivity index is 1.78. The first-order chi connectivity index (χ1) is 9.94. The number of rotatable bonds is 6. The van der Waals surface area contributed by atoms with E-state index in [-0.39, 0.29) is 17.8 Å². The molecule has 0 heterocycles. The minimum absolute atomic E-state index is 0.215. The maximum absolute atomic E-state index is 12.1. The highest BCUT2D eigenvalue weighted by Gasteiger charge is 2.28. The molecule has 0 aliphatic heterocycles. The van der Waals surface area contributed by atoms with E-state index in [0.29, 0.717) is 6.54 Å². The summed E-state index contributed by atoms with van der Waals surface area (Å²) in [5, 5.41) is 12.9. The molecule has 1 aliphatic carbocycles. The highest BCUT2D eigenvalue weighted by Crippen LogP contribution is 2.25. The monoisotopic (exact) mass is 303 g/mol. The lowest BCUT2D eigenvalue weighted by Gasteiger charge is -2.15. The van der Waals surface area contributed by atoms with Crippen molar-refractivity contribution >= 4 is 0 Å². The van der Waals surface area contributed by atoms with Crippen LogP contribution in [0.2, 0.25) is 0 Å². The number of aliphatic hydroxyl groups is 1. The van der Waals surface area contributed by atoms with Crippen LogP contribution < -0.4 is 10.1 Å². The minimum atomic E-state index is -4.33. The molecule has 1 aliphatic rings. The van der Waals surface area contributed by atoms with Gasteiger partial charge in [0.25, 0.3) is 0 Å². The van der Waals surface area contributed by atoms with Crippen LogP contribution in [0.1, 0.15) is 24.8 Å². The van der Waals surface area contributed by atoms with Gasteiger partial charge in [-0.15, -0.1) is 0 Å². The van der Waals surface area contributed by atoms with Crippen LogP contribution in [0.4, 0.5) is 13.2 Å². The van der Waals surface area contributed by atoms with Crippen molar-refractivity contribution < 1.29 is 23.0 Å². The van der Waals surface area contributed by atoms with E-state index < -0.39 is 12.8 Å². The first-order valence-electron chi connectivity index (χ1n) is 7.11. The second-order valence-electron chi connectivity index (χ2n) is 5.44. The third-order valence-corrected chi connectivity index (χ3v) is 3.66. The Bertz CT molecular complexity index is 451. The van der Waals surface area contributed by atoms with Crippen molar-refractivity contribution in [1.82, 2.24) is 5.32 Å². The lowest BCUT2D eigenvalue weighted by Crippen LogP contribution is -2.27. The zero-order chi connectivity index (χ0) is 15.3. The predicted molar refractivity (Wildman–Crippen MR) is 73.0 cm³/mol. The summed E-state index contributed by atoms with van der Waals surface area (Å²) in [7, 11) is 0. The van der Waals surface area contributed by atoms with E-state index in [1.54, 1.807) is 12.1 Å². The third kappa shape index (κ3) is 5.55. The van der Waals surface area contributed by atoms with Gasteiger partial charge in [-0.05, 0) is 36.5 Å². The summed E-state index contributed by atoms with van der Waals surface area (Å²) < 4.78 is 41.0. The number of halogens is 3. The Kier molecular flexibility index (Phi) is 5.47. The fourth-order valence-electron chi connectivity index (χ4n) is 2.57. The zero-order valence-corrected chi connectivity index (χ0v) is 11.7. The van der Waals surface area contributed by atoms with Gasteiger partial charge >= 0.3 is 6.18 Å². The van der Waals surface area contributed by atoms with Crippen LogP contribution in [0, 0.1) is 5.92 Å². The average Bonchev–Trinajstić information content (AvgIpc) is 2.82. The molecule has 2 atom stereocenters. The van der Waals surface area contributed by atoms with E-state index in [1.165, 1.54) is 6.07 Å². The van der Waals surface area contributed by atoms with Crippen molar-refractivity contribution in [3.63, 3.8) is 0 Å². The van der Waals surface area contributed by atoms with Crippen molar-refractivity contribution in [3.05, 3.63) is 29.8 Å². The molecule has 1 aromatic carbocycles. The number of hydrogen-bond acceptors (Lipinski definition) is 3. The van der Waals surface area contributed by atoms with Gasteiger partial charge in [0.05, 0.1) is 6.10 Å². The molecule has 0 spiro atoms. The largest absolute Gasteiger partial charge is 0.484 e. The lowest BCUT2D eigenvalue weighted by molar-refractivity contribution is -0.153. The number of aliphatic hydroxyl groups excluding tert-OH is 1. The van der Waals surface area contributed by atoms with Gasteiger partial charge in [-0.2, -0.15) is 13.2 Å². The third-order valence-electron chi connectivity index (χ3n) is 3.66. The highest BCUT2D eigenvalue weighted by molar-refractivity contribution is 5.28. The average molecular weight is 303 g/mol. The van der Waals surface area contributed by atoms with E-state index in [1.807, 2.05) is 6.07 Å². The maximum atomic E-state index is 12.1. The number of benzene rings is 1. The van der Waals surface area contributed by atoms with Crippen molar-refractivity contribution in [2.45, 2.75) is 38.1 Å². The first-order valence-corrected chi connectivity index (χ1v) is 7.11. The van der Waals surface area contributed by atoms with Crippen molar-refractivity contribution in [3.8, 4) is 5.75 Å². The first kappa shape index (κ1) is 16.1. The van der Waals surface area contributed by atoms with Crippen LogP contribution in [0.5, 0.6) is 5.75 Å². The SMILES string of the molecule is O[C@H]1CCC[C@@H]1CNCc1cccc(OCC(F)(F)F)c1. The summed E-state index contributed by atoms with van der Waals surface area (Å²) >= 11 is 0. The molecule has 0 amide bonds. The van der Waals surface area contributed by atoms with Crippen molar-refractivity contribution in [2.24, 2.45) is 5.92 Å². The molecule has 1 saturated carbocycles. The molecule has 1 fully saturated rings. The summed E-state index contributed by atoms with van der Waals surface area (Å²) in [6, 6.07) is 6.62. The van der Waals surface area contributed by atoms with E-state index in [4.69, 9.17) is 4.74 Å². The topological polar surface area (TPSA) is 41.5 Å². The predicted octanol–water partition coefficient (Wildman–Crippen LogP) is 2.88. The molecule has 1 aromatic rings. The quantitative estimate of drug-likeness (QED) is 0.849. The molecular weight excluding hydrogens is 283 g/mol. The molecule has 118 valence electrons. The smallest absolute Gasteiger partial charge is 0.422 e. The Morgan fingerprint density at radius 2 is 2.10 bits per heavy atom. The summed E-state index contributed by atoms with van der Waals surface area (Å²) in [4.78, 5) is 0. The Labute approximate surface area is 122 Å². The Hall–Kier alpha value is -1.27. The van der Waals surface area contributed by atoms with E-state index in [0.717, 1.165) is 31.4 Å². The van der Waals surface area contributed by atoms with Crippen LogP contribution in [0.3, 0.4) is 0 Å². The number of hydrogen-bond donors (Lipinski definition) is 2. The molecule has 0 radical (unpaired) electrons. The summed E-state index contributed by atoms with van der Waals surface area (Å²) in [5.41, 5.74) is 0.863. The van der Waals surface area contributed by atoms with Crippen molar-refractivity contribution in [1.29, 1.82) is 0 Å². The van der Waals surface area contributed by atoms with Crippen LogP contribution in [-0.2, 0) is 6.54 Å². The van der Waals surface area contributed by atoms with Gasteiger partial charge in [0.2, 0.25) is 0 Å². The summed E-state index contributed by atoms with van der Waals surface area (Å²) in [6.45, 7) is -0.0145. The number of ether oxygens (including phenoxy) is 1.